The summed E-state index contributed by atoms with van der Waals surface area (Å²) in [5.74, 6) is 0. The van der Waals surface area contributed by atoms with Gasteiger partial charge in [0.1, 0.15) is 0 Å². The number of rotatable bonds is 6. The van der Waals surface area contributed by atoms with Crippen LogP contribution in [0.1, 0.15) is 39.5 Å². The Labute approximate surface area is 117 Å². The van der Waals surface area contributed by atoms with Gasteiger partial charge in [-0.15, -0.1) is 0 Å². The summed E-state index contributed by atoms with van der Waals surface area (Å²) in [6, 6.07) is 0.985. The highest BCUT2D eigenvalue weighted by atomic mass is 16.5. The van der Waals surface area contributed by atoms with E-state index in [0.29, 0.717) is 12.1 Å². The molecule has 2 atom stereocenters. The van der Waals surface area contributed by atoms with E-state index in [0.717, 1.165) is 0 Å². The number of nitrogens with zero attached hydrogens (tertiary/aromatic N) is 2. The largest absolute Gasteiger partial charge is 0.473 e. The summed E-state index contributed by atoms with van der Waals surface area (Å²) in [5, 5.41) is 0. The molecule has 3 nitrogen and oxygen atoms in total. The number of likely N-dealkylation sites (tertiary alicyclic amines) is 2. The van der Waals surface area contributed by atoms with Crippen molar-refractivity contribution < 1.29 is 4.74 Å². The summed E-state index contributed by atoms with van der Waals surface area (Å²) in [4.78, 5) is 4.99. The summed E-state index contributed by atoms with van der Waals surface area (Å²) < 4.78 is 5.48. The maximum absolute atomic E-state index is 5.48. The molecule has 0 bridgehead atoms. The maximum atomic E-state index is 5.48. The smallest absolute Gasteiger partial charge is 0.0876 e. The molecule has 0 N–H and O–H groups in total. The topological polar surface area (TPSA) is 15.7 Å². The summed E-state index contributed by atoms with van der Waals surface area (Å²) in [7, 11) is 0. The van der Waals surface area contributed by atoms with Gasteiger partial charge in [-0.1, -0.05) is 0 Å². The normalized spacial score (nSPS) is 25.6. The van der Waals surface area contributed by atoms with Gasteiger partial charge in [0.25, 0.3) is 0 Å². The van der Waals surface area contributed by atoms with E-state index in [1.54, 1.807) is 0 Å². The second-order valence-corrected chi connectivity index (χ2v) is 5.76. The van der Waals surface area contributed by atoms with E-state index in [1.165, 1.54) is 51.9 Å². The quantitative estimate of drug-likeness (QED) is 0.686. The Morgan fingerprint density at radius 1 is 0.737 bits per heavy atom. The zero-order valence-electron chi connectivity index (χ0n) is 12.4. The molecular weight excluding hydrogens is 236 g/mol. The summed E-state index contributed by atoms with van der Waals surface area (Å²) in [6.07, 6.45) is 13.3. The average molecular weight is 264 g/mol. The van der Waals surface area contributed by atoms with Crippen molar-refractivity contribution in [2.75, 3.05) is 26.2 Å². The molecule has 2 heterocycles. The molecule has 0 amide bonds. The molecule has 2 rings (SSSR count). The predicted octanol–water partition coefficient (Wildman–Crippen LogP) is 3.00. The monoisotopic (exact) mass is 264 g/mol. The van der Waals surface area contributed by atoms with E-state index in [2.05, 4.69) is 35.8 Å². The molecule has 3 heteroatoms. The minimum absolute atomic E-state index is 0.493. The zero-order chi connectivity index (χ0) is 13.5. The fourth-order valence-corrected chi connectivity index (χ4v) is 2.90. The van der Waals surface area contributed by atoms with Gasteiger partial charge in [-0.05, 0) is 77.9 Å². The van der Waals surface area contributed by atoms with Crippen molar-refractivity contribution >= 4 is 0 Å². The van der Waals surface area contributed by atoms with Crippen LogP contribution in [0.15, 0.2) is 24.7 Å². The number of hydrogen-bond donors (Lipinski definition) is 0. The lowest BCUT2D eigenvalue weighted by molar-refractivity contribution is 0.287. The van der Waals surface area contributed by atoms with Crippen LogP contribution in [-0.2, 0) is 4.74 Å². The highest BCUT2D eigenvalue weighted by Gasteiger charge is 2.16. The summed E-state index contributed by atoms with van der Waals surface area (Å²) >= 11 is 0. The Bertz CT molecular complexity index is 272. The van der Waals surface area contributed by atoms with Crippen LogP contribution < -0.4 is 0 Å². The lowest BCUT2D eigenvalue weighted by Crippen LogP contribution is -2.28. The fraction of sp³-hybridized carbons (Fsp3) is 0.750. The van der Waals surface area contributed by atoms with Gasteiger partial charge in [-0.25, -0.2) is 0 Å². The van der Waals surface area contributed by atoms with E-state index >= 15 is 0 Å². The molecular formula is C16H28N2O. The molecule has 0 saturated carbocycles. The first-order valence-electron chi connectivity index (χ1n) is 7.74. The molecule has 2 saturated heterocycles. The van der Waals surface area contributed by atoms with Gasteiger partial charge in [-0.2, -0.15) is 0 Å². The summed E-state index contributed by atoms with van der Waals surface area (Å²) in [5.41, 5.74) is 0. The van der Waals surface area contributed by atoms with Crippen molar-refractivity contribution in [1.29, 1.82) is 0 Å². The zero-order valence-corrected chi connectivity index (χ0v) is 12.4. The SMILES string of the molecule is CC(C=COC=CC(C)N1CCCC1)N1CCCC1. The van der Waals surface area contributed by atoms with Gasteiger partial charge in [0, 0.05) is 12.1 Å². The highest BCUT2D eigenvalue weighted by molar-refractivity contribution is 4.93. The second-order valence-electron chi connectivity index (χ2n) is 5.76. The Balaban J connectivity index is 1.64. The van der Waals surface area contributed by atoms with Crippen molar-refractivity contribution in [3.8, 4) is 0 Å². The fourth-order valence-electron chi connectivity index (χ4n) is 2.90. The van der Waals surface area contributed by atoms with E-state index < -0.39 is 0 Å². The third kappa shape index (κ3) is 4.66. The molecule has 0 aromatic carbocycles. The van der Waals surface area contributed by atoms with E-state index in [4.69, 9.17) is 4.74 Å². The van der Waals surface area contributed by atoms with Crippen molar-refractivity contribution in [3.05, 3.63) is 24.7 Å². The molecule has 0 aromatic heterocycles. The van der Waals surface area contributed by atoms with Crippen molar-refractivity contribution in [2.45, 2.75) is 51.6 Å². The minimum Gasteiger partial charge on any atom is -0.473 e. The first-order valence-corrected chi connectivity index (χ1v) is 7.74. The van der Waals surface area contributed by atoms with Crippen molar-refractivity contribution in [1.82, 2.24) is 9.80 Å². The van der Waals surface area contributed by atoms with Crippen LogP contribution >= 0.6 is 0 Å². The average Bonchev–Trinajstić information content (AvgIpc) is 3.10. The lowest BCUT2D eigenvalue weighted by atomic mass is 10.3. The standard InChI is InChI=1S/C16H28N2O/c1-15(17-9-3-4-10-17)7-13-19-14-8-16(2)18-11-5-6-12-18/h7-8,13-16H,3-6,9-12H2,1-2H3. The minimum atomic E-state index is 0.493. The van der Waals surface area contributed by atoms with Crippen LogP contribution in [0.4, 0.5) is 0 Å². The Kier molecular flexibility index (Phi) is 5.93. The third-order valence-electron chi connectivity index (χ3n) is 4.30. The van der Waals surface area contributed by atoms with Gasteiger partial charge in [0.2, 0.25) is 0 Å². The Morgan fingerprint density at radius 2 is 1.11 bits per heavy atom. The Hall–Kier alpha value is -0.800. The van der Waals surface area contributed by atoms with Crippen LogP contribution in [-0.4, -0.2) is 48.1 Å². The molecule has 0 radical (unpaired) electrons. The number of ether oxygens (including phenoxy) is 1. The van der Waals surface area contributed by atoms with Crippen LogP contribution in [0.3, 0.4) is 0 Å². The second kappa shape index (κ2) is 7.71. The van der Waals surface area contributed by atoms with Gasteiger partial charge in [-0.3, -0.25) is 9.80 Å². The predicted molar refractivity (Wildman–Crippen MR) is 79.9 cm³/mol. The van der Waals surface area contributed by atoms with E-state index in [1.807, 2.05) is 12.5 Å². The molecule has 108 valence electrons. The summed E-state index contributed by atoms with van der Waals surface area (Å²) in [6.45, 7) is 9.39. The first-order chi connectivity index (χ1) is 9.27. The van der Waals surface area contributed by atoms with Gasteiger partial charge < -0.3 is 4.74 Å². The van der Waals surface area contributed by atoms with Crippen LogP contribution in [0.2, 0.25) is 0 Å². The maximum Gasteiger partial charge on any atom is 0.0876 e. The van der Waals surface area contributed by atoms with Crippen LogP contribution in [0.25, 0.3) is 0 Å². The molecule has 2 aliphatic heterocycles. The molecule has 2 aliphatic rings. The van der Waals surface area contributed by atoms with Crippen LogP contribution in [0, 0.1) is 0 Å². The van der Waals surface area contributed by atoms with Crippen LogP contribution in [0.5, 0.6) is 0 Å². The third-order valence-corrected chi connectivity index (χ3v) is 4.30. The van der Waals surface area contributed by atoms with Crippen molar-refractivity contribution in [3.63, 3.8) is 0 Å². The molecule has 2 unspecified atom stereocenters. The van der Waals surface area contributed by atoms with Gasteiger partial charge in [0.15, 0.2) is 0 Å². The number of hydrogen-bond acceptors (Lipinski definition) is 3. The molecule has 0 spiro atoms. The lowest BCUT2D eigenvalue weighted by Gasteiger charge is -2.20. The van der Waals surface area contributed by atoms with Crippen molar-refractivity contribution in [2.24, 2.45) is 0 Å². The highest BCUT2D eigenvalue weighted by Crippen LogP contribution is 2.13. The van der Waals surface area contributed by atoms with Gasteiger partial charge >= 0.3 is 0 Å². The van der Waals surface area contributed by atoms with E-state index in [9.17, 15) is 0 Å². The molecule has 0 aromatic rings. The van der Waals surface area contributed by atoms with E-state index in [-0.39, 0.29) is 0 Å². The Morgan fingerprint density at radius 3 is 1.47 bits per heavy atom. The molecule has 2 fully saturated rings. The molecule has 0 aliphatic carbocycles. The molecule has 19 heavy (non-hydrogen) atoms. The van der Waals surface area contributed by atoms with Gasteiger partial charge in [0.05, 0.1) is 12.5 Å². The first kappa shape index (κ1) is 14.6.